The lowest BCUT2D eigenvalue weighted by Gasteiger charge is -2.16. The highest BCUT2D eigenvalue weighted by atomic mass is 16.2. The van der Waals surface area contributed by atoms with Crippen LogP contribution in [0.4, 0.5) is 10.5 Å². The number of carbonyl (C=O) groups is 3. The number of urea groups is 1. The smallest absolute Gasteiger partial charge is 0.324 e. The van der Waals surface area contributed by atoms with Gasteiger partial charge in [0.15, 0.2) is 0 Å². The molecule has 0 aromatic heterocycles. The quantitative estimate of drug-likeness (QED) is 0.813. The molecule has 0 spiro atoms. The zero-order chi connectivity index (χ0) is 18.7. The van der Waals surface area contributed by atoms with Crippen LogP contribution in [0.15, 0.2) is 54.6 Å². The number of nitrogens with zero attached hydrogens (tertiary/aromatic N) is 1. The Morgan fingerprint density at radius 1 is 1.08 bits per heavy atom. The Labute approximate surface area is 152 Å². The molecule has 0 saturated carbocycles. The van der Waals surface area contributed by atoms with Crippen LogP contribution in [-0.2, 0) is 9.59 Å². The molecular formula is C20H21N3O3. The normalized spacial score (nSPS) is 16.7. The largest absolute Gasteiger partial charge is 0.325 e. The summed E-state index contributed by atoms with van der Waals surface area (Å²) in [7, 11) is 0. The van der Waals surface area contributed by atoms with Crippen molar-refractivity contribution in [1.29, 1.82) is 0 Å². The standard InChI is InChI=1S/C20H21N3O3/c1-13(2)15-10-6-7-11-16(15)21-17(24)12-23-19(25)18(22-20(23)26)14-8-4-3-5-9-14/h3-11,13,18H,12H2,1-2H3,(H,21,24)(H,22,26). The number of nitrogens with one attached hydrogen (secondary N) is 2. The number of para-hydroxylation sites is 1. The highest BCUT2D eigenvalue weighted by Gasteiger charge is 2.39. The van der Waals surface area contributed by atoms with Crippen molar-refractivity contribution in [3.8, 4) is 0 Å². The van der Waals surface area contributed by atoms with Gasteiger partial charge in [-0.2, -0.15) is 0 Å². The lowest BCUT2D eigenvalue weighted by Crippen LogP contribution is -2.38. The van der Waals surface area contributed by atoms with Crippen LogP contribution in [0.2, 0.25) is 0 Å². The molecule has 0 aliphatic carbocycles. The van der Waals surface area contributed by atoms with Gasteiger partial charge in [-0.25, -0.2) is 4.79 Å². The maximum Gasteiger partial charge on any atom is 0.325 e. The number of carbonyl (C=O) groups excluding carboxylic acids is 3. The molecule has 1 saturated heterocycles. The Morgan fingerprint density at radius 3 is 2.42 bits per heavy atom. The highest BCUT2D eigenvalue weighted by molar-refractivity contribution is 6.08. The number of hydrogen-bond acceptors (Lipinski definition) is 3. The maximum absolute atomic E-state index is 12.5. The molecule has 0 radical (unpaired) electrons. The molecule has 1 atom stereocenters. The predicted octanol–water partition coefficient (Wildman–Crippen LogP) is 3.04. The van der Waals surface area contributed by atoms with Gasteiger partial charge in [-0.1, -0.05) is 62.4 Å². The second-order valence-electron chi connectivity index (χ2n) is 6.51. The molecule has 3 rings (SSSR count). The van der Waals surface area contributed by atoms with Crippen molar-refractivity contribution in [3.63, 3.8) is 0 Å². The topological polar surface area (TPSA) is 78.5 Å². The highest BCUT2D eigenvalue weighted by Crippen LogP contribution is 2.24. The molecule has 6 nitrogen and oxygen atoms in total. The van der Waals surface area contributed by atoms with E-state index in [1.54, 1.807) is 24.3 Å². The van der Waals surface area contributed by atoms with Gasteiger partial charge in [-0.05, 0) is 23.1 Å². The first-order valence-electron chi connectivity index (χ1n) is 8.53. The summed E-state index contributed by atoms with van der Waals surface area (Å²) in [5.41, 5.74) is 2.39. The van der Waals surface area contributed by atoms with Crippen LogP contribution in [-0.4, -0.2) is 29.3 Å². The van der Waals surface area contributed by atoms with E-state index in [0.29, 0.717) is 11.3 Å². The van der Waals surface area contributed by atoms with Gasteiger partial charge < -0.3 is 10.6 Å². The van der Waals surface area contributed by atoms with E-state index in [2.05, 4.69) is 10.6 Å². The SMILES string of the molecule is CC(C)c1ccccc1NC(=O)CN1C(=O)NC(c2ccccc2)C1=O. The Kier molecular flexibility index (Phi) is 5.02. The summed E-state index contributed by atoms with van der Waals surface area (Å²) in [5, 5.41) is 5.43. The number of hydrogen-bond donors (Lipinski definition) is 2. The van der Waals surface area contributed by atoms with Gasteiger partial charge in [0, 0.05) is 5.69 Å². The number of rotatable bonds is 5. The predicted molar refractivity (Wildman–Crippen MR) is 98.6 cm³/mol. The molecule has 1 heterocycles. The Balaban J connectivity index is 1.70. The minimum atomic E-state index is -0.751. The molecular weight excluding hydrogens is 330 g/mol. The van der Waals surface area contributed by atoms with Crippen molar-refractivity contribution in [3.05, 3.63) is 65.7 Å². The average molecular weight is 351 g/mol. The third kappa shape index (κ3) is 3.59. The Bertz CT molecular complexity index is 833. The van der Waals surface area contributed by atoms with Crippen molar-refractivity contribution >= 4 is 23.5 Å². The van der Waals surface area contributed by atoms with Gasteiger partial charge in [0.25, 0.3) is 5.91 Å². The maximum atomic E-state index is 12.5. The first-order valence-corrected chi connectivity index (χ1v) is 8.53. The second kappa shape index (κ2) is 7.39. The van der Waals surface area contributed by atoms with E-state index in [1.807, 2.05) is 44.2 Å². The lowest BCUT2D eigenvalue weighted by atomic mass is 10.0. The monoisotopic (exact) mass is 351 g/mol. The minimum Gasteiger partial charge on any atom is -0.324 e. The zero-order valence-electron chi connectivity index (χ0n) is 14.7. The molecule has 0 bridgehead atoms. The summed E-state index contributed by atoms with van der Waals surface area (Å²) < 4.78 is 0. The summed E-state index contributed by atoms with van der Waals surface area (Å²) in [5.74, 6) is -0.588. The molecule has 2 N–H and O–H groups in total. The van der Waals surface area contributed by atoms with Gasteiger partial charge in [-0.3, -0.25) is 14.5 Å². The van der Waals surface area contributed by atoms with Gasteiger partial charge in [0.2, 0.25) is 5.91 Å². The van der Waals surface area contributed by atoms with Crippen molar-refractivity contribution < 1.29 is 14.4 Å². The van der Waals surface area contributed by atoms with Crippen molar-refractivity contribution in [2.24, 2.45) is 0 Å². The van der Waals surface area contributed by atoms with E-state index in [-0.39, 0.29) is 12.5 Å². The number of imide groups is 1. The van der Waals surface area contributed by atoms with Crippen molar-refractivity contribution in [1.82, 2.24) is 10.2 Å². The second-order valence-corrected chi connectivity index (χ2v) is 6.51. The van der Waals surface area contributed by atoms with E-state index in [9.17, 15) is 14.4 Å². The van der Waals surface area contributed by atoms with Crippen LogP contribution >= 0.6 is 0 Å². The molecule has 1 unspecified atom stereocenters. The van der Waals surface area contributed by atoms with E-state index < -0.39 is 23.9 Å². The summed E-state index contributed by atoms with van der Waals surface area (Å²) in [6.07, 6.45) is 0. The molecule has 1 fully saturated rings. The summed E-state index contributed by atoms with van der Waals surface area (Å²) in [6, 6.07) is 15.2. The molecule has 2 aromatic carbocycles. The van der Waals surface area contributed by atoms with Gasteiger partial charge in [-0.15, -0.1) is 0 Å². The van der Waals surface area contributed by atoms with Crippen LogP contribution in [0.3, 0.4) is 0 Å². The fourth-order valence-electron chi connectivity index (χ4n) is 2.99. The first-order chi connectivity index (χ1) is 12.5. The molecule has 134 valence electrons. The number of benzene rings is 2. The average Bonchev–Trinajstić information content (AvgIpc) is 2.91. The molecule has 2 aromatic rings. The van der Waals surface area contributed by atoms with Gasteiger partial charge in [0.05, 0.1) is 0 Å². The van der Waals surface area contributed by atoms with E-state index in [1.165, 1.54) is 0 Å². The van der Waals surface area contributed by atoms with Crippen LogP contribution in [0.1, 0.15) is 36.9 Å². The van der Waals surface area contributed by atoms with Crippen LogP contribution in [0.5, 0.6) is 0 Å². The first kappa shape index (κ1) is 17.7. The van der Waals surface area contributed by atoms with Crippen LogP contribution in [0.25, 0.3) is 0 Å². The third-order valence-electron chi connectivity index (χ3n) is 4.32. The fraction of sp³-hybridized carbons (Fsp3) is 0.250. The van der Waals surface area contributed by atoms with E-state index in [0.717, 1.165) is 10.5 Å². The van der Waals surface area contributed by atoms with Crippen molar-refractivity contribution in [2.45, 2.75) is 25.8 Å². The van der Waals surface area contributed by atoms with Crippen LogP contribution < -0.4 is 10.6 Å². The molecule has 1 aliphatic heterocycles. The summed E-state index contributed by atoms with van der Waals surface area (Å²) in [6.45, 7) is 3.75. The molecule has 4 amide bonds. The molecule has 1 aliphatic rings. The summed E-state index contributed by atoms with van der Waals surface area (Å²) >= 11 is 0. The number of anilines is 1. The fourth-order valence-corrected chi connectivity index (χ4v) is 2.99. The van der Waals surface area contributed by atoms with Crippen LogP contribution in [0, 0.1) is 0 Å². The Morgan fingerprint density at radius 2 is 1.73 bits per heavy atom. The van der Waals surface area contributed by atoms with E-state index in [4.69, 9.17) is 0 Å². The van der Waals surface area contributed by atoms with Gasteiger partial charge >= 0.3 is 6.03 Å². The summed E-state index contributed by atoms with van der Waals surface area (Å²) in [4.78, 5) is 38.0. The van der Waals surface area contributed by atoms with Crippen molar-refractivity contribution in [2.75, 3.05) is 11.9 Å². The molecule has 26 heavy (non-hydrogen) atoms. The lowest BCUT2D eigenvalue weighted by molar-refractivity contribution is -0.130. The van der Waals surface area contributed by atoms with E-state index >= 15 is 0 Å². The zero-order valence-corrected chi connectivity index (χ0v) is 14.7. The van der Waals surface area contributed by atoms with Gasteiger partial charge in [0.1, 0.15) is 12.6 Å². The third-order valence-corrected chi connectivity index (χ3v) is 4.32. The Hall–Kier alpha value is -3.15. The number of amides is 4. The minimum absolute atomic E-state index is 0.241. The molecule has 6 heteroatoms.